The van der Waals surface area contributed by atoms with Crippen LogP contribution in [-0.4, -0.2) is 74.1 Å². The van der Waals surface area contributed by atoms with Gasteiger partial charge in [0.1, 0.15) is 0 Å². The molecule has 0 aliphatic carbocycles. The molecule has 2 amide bonds. The van der Waals surface area contributed by atoms with E-state index >= 15 is 0 Å². The van der Waals surface area contributed by atoms with Gasteiger partial charge in [0.25, 0.3) is 0 Å². The zero-order valence-electron chi connectivity index (χ0n) is 18.0. The molecule has 0 bridgehead atoms. The number of carbonyl (C=O) groups is 2. The van der Waals surface area contributed by atoms with Crippen LogP contribution in [0, 0.1) is 5.92 Å². The molecular formula is C23H25ClN6O3. The number of carboxylic acid groups (broad SMARTS) is 1. The fourth-order valence-corrected chi connectivity index (χ4v) is 4.92. The zero-order valence-corrected chi connectivity index (χ0v) is 18.8. The molecule has 0 spiro atoms. The number of halogens is 1. The van der Waals surface area contributed by atoms with Crippen LogP contribution in [-0.2, 0) is 4.79 Å². The lowest BCUT2D eigenvalue weighted by atomic mass is 9.95. The van der Waals surface area contributed by atoms with Crippen molar-refractivity contribution in [1.29, 1.82) is 0 Å². The number of hydrogen-bond donors (Lipinski definition) is 3. The molecule has 2 aliphatic heterocycles. The van der Waals surface area contributed by atoms with Crippen molar-refractivity contribution in [1.82, 2.24) is 24.8 Å². The van der Waals surface area contributed by atoms with Crippen LogP contribution < -0.4 is 5.32 Å². The summed E-state index contributed by atoms with van der Waals surface area (Å²) in [7, 11) is 0. The van der Waals surface area contributed by atoms with Crippen LogP contribution in [0.4, 0.5) is 10.7 Å². The Bertz CT molecular complexity index is 1190. The second-order valence-corrected chi connectivity index (χ2v) is 9.00. The highest BCUT2D eigenvalue weighted by Crippen LogP contribution is 2.32. The van der Waals surface area contributed by atoms with Gasteiger partial charge in [0, 0.05) is 60.8 Å². The van der Waals surface area contributed by atoms with Gasteiger partial charge in [0.2, 0.25) is 11.9 Å². The molecule has 2 aromatic heterocycles. The van der Waals surface area contributed by atoms with Gasteiger partial charge in [-0.2, -0.15) is 0 Å². The van der Waals surface area contributed by atoms with Crippen molar-refractivity contribution < 1.29 is 14.7 Å². The molecule has 2 aliphatic rings. The first-order chi connectivity index (χ1) is 16.0. The van der Waals surface area contributed by atoms with Crippen LogP contribution in [0.5, 0.6) is 0 Å². The summed E-state index contributed by atoms with van der Waals surface area (Å²) in [6, 6.07) is 8.02. The number of hydrogen-bond acceptors (Lipinski definition) is 5. The topological polar surface area (TPSA) is 114 Å². The van der Waals surface area contributed by atoms with Crippen LogP contribution in [0.25, 0.3) is 22.2 Å². The van der Waals surface area contributed by atoms with Crippen molar-refractivity contribution >= 4 is 40.5 Å². The Hall–Kier alpha value is -3.33. The van der Waals surface area contributed by atoms with Crippen molar-refractivity contribution in [3.05, 3.63) is 41.7 Å². The minimum Gasteiger partial charge on any atom is -0.465 e. The van der Waals surface area contributed by atoms with E-state index in [9.17, 15) is 9.59 Å². The summed E-state index contributed by atoms with van der Waals surface area (Å²) in [5, 5.41) is 14.0. The maximum Gasteiger partial charge on any atom is 0.407 e. The molecule has 2 fully saturated rings. The molecule has 0 radical (unpaired) electrons. The van der Waals surface area contributed by atoms with Crippen LogP contribution in [0.1, 0.15) is 19.3 Å². The van der Waals surface area contributed by atoms with Crippen molar-refractivity contribution in [2.24, 2.45) is 5.92 Å². The molecule has 2 saturated heterocycles. The van der Waals surface area contributed by atoms with Crippen molar-refractivity contribution in [2.45, 2.75) is 25.3 Å². The number of nitrogens with one attached hydrogen (secondary N) is 2. The third-order valence-electron chi connectivity index (χ3n) is 6.54. The number of para-hydroxylation sites is 1. The lowest BCUT2D eigenvalue weighted by Gasteiger charge is -2.31. The first kappa shape index (κ1) is 21.5. The normalized spacial score (nSPS) is 19.2. The number of aromatic nitrogens is 3. The molecule has 4 heterocycles. The van der Waals surface area contributed by atoms with E-state index in [-0.39, 0.29) is 17.9 Å². The van der Waals surface area contributed by atoms with Gasteiger partial charge in [-0.05, 0) is 25.3 Å². The van der Waals surface area contributed by atoms with Crippen LogP contribution >= 0.6 is 11.6 Å². The van der Waals surface area contributed by atoms with E-state index in [2.05, 4.69) is 20.3 Å². The average Bonchev–Trinajstić information content (AvgIpc) is 3.47. The van der Waals surface area contributed by atoms with Crippen molar-refractivity contribution in [2.75, 3.05) is 31.5 Å². The van der Waals surface area contributed by atoms with E-state index in [0.29, 0.717) is 55.7 Å². The molecule has 1 atom stereocenters. The molecule has 1 unspecified atom stereocenters. The van der Waals surface area contributed by atoms with E-state index in [4.69, 9.17) is 16.7 Å². The molecule has 0 saturated carbocycles. The number of fused-ring (bicyclic) bond motifs is 1. The summed E-state index contributed by atoms with van der Waals surface area (Å²) in [6.07, 6.45) is 4.54. The lowest BCUT2D eigenvalue weighted by Crippen LogP contribution is -2.43. The van der Waals surface area contributed by atoms with Gasteiger partial charge in [-0.25, -0.2) is 14.8 Å². The second-order valence-electron chi connectivity index (χ2n) is 8.60. The first-order valence-corrected chi connectivity index (χ1v) is 11.5. The Morgan fingerprint density at radius 1 is 1.12 bits per heavy atom. The predicted octanol–water partition coefficient (Wildman–Crippen LogP) is 3.68. The van der Waals surface area contributed by atoms with Gasteiger partial charge in [0.15, 0.2) is 0 Å². The van der Waals surface area contributed by atoms with Crippen LogP contribution in [0.3, 0.4) is 0 Å². The van der Waals surface area contributed by atoms with Gasteiger partial charge < -0.3 is 25.2 Å². The molecule has 3 aromatic rings. The molecule has 1 aromatic carbocycles. The van der Waals surface area contributed by atoms with Crippen molar-refractivity contribution in [3.8, 4) is 11.3 Å². The zero-order chi connectivity index (χ0) is 22.9. The number of rotatable bonds is 4. The number of likely N-dealkylation sites (tertiary alicyclic amines) is 2. The minimum atomic E-state index is -0.915. The monoisotopic (exact) mass is 468 g/mol. The summed E-state index contributed by atoms with van der Waals surface area (Å²) in [6.45, 7) is 2.07. The fraction of sp³-hybridized carbons (Fsp3) is 0.391. The van der Waals surface area contributed by atoms with E-state index in [1.54, 1.807) is 6.20 Å². The molecule has 5 rings (SSSR count). The summed E-state index contributed by atoms with van der Waals surface area (Å²) >= 11 is 6.43. The molecule has 9 nitrogen and oxygen atoms in total. The summed E-state index contributed by atoms with van der Waals surface area (Å²) < 4.78 is 0. The third kappa shape index (κ3) is 4.32. The first-order valence-electron chi connectivity index (χ1n) is 11.1. The Kier molecular flexibility index (Phi) is 5.80. The molecule has 10 heteroatoms. The Morgan fingerprint density at radius 2 is 1.88 bits per heavy atom. The number of carbonyl (C=O) groups excluding carboxylic acids is 1. The summed E-state index contributed by atoms with van der Waals surface area (Å²) in [5.74, 6) is 0.481. The molecular weight excluding hydrogens is 444 g/mol. The van der Waals surface area contributed by atoms with Crippen molar-refractivity contribution in [3.63, 3.8) is 0 Å². The largest absolute Gasteiger partial charge is 0.465 e. The quantitative estimate of drug-likeness (QED) is 0.538. The van der Waals surface area contributed by atoms with E-state index in [0.717, 1.165) is 22.9 Å². The second kappa shape index (κ2) is 8.90. The standard InChI is InChI=1S/C23H25ClN6O3/c24-18-12-26-22(28-20(18)17-11-25-19-4-2-1-3-16(17)19)27-15-7-10-30(13-15)21(31)14-5-8-29(9-6-14)23(32)33/h1-4,11-12,14-15,25H,5-10,13H2,(H,32,33)(H,26,27,28). The van der Waals surface area contributed by atoms with Gasteiger partial charge in [-0.15, -0.1) is 0 Å². The van der Waals surface area contributed by atoms with Crippen LogP contribution in [0.15, 0.2) is 36.7 Å². The summed E-state index contributed by atoms with van der Waals surface area (Å²) in [5.41, 5.74) is 2.58. The highest BCUT2D eigenvalue weighted by Gasteiger charge is 2.34. The average molecular weight is 469 g/mol. The molecule has 172 valence electrons. The molecule has 33 heavy (non-hydrogen) atoms. The third-order valence-corrected chi connectivity index (χ3v) is 6.81. The number of anilines is 1. The number of aromatic amines is 1. The summed E-state index contributed by atoms with van der Waals surface area (Å²) in [4.78, 5) is 39.5. The highest BCUT2D eigenvalue weighted by molar-refractivity contribution is 6.33. The minimum absolute atomic E-state index is 0.0463. The number of piperidine rings is 1. The fourth-order valence-electron chi connectivity index (χ4n) is 4.73. The number of benzene rings is 1. The Labute approximate surface area is 195 Å². The number of H-pyrrole nitrogens is 1. The van der Waals surface area contributed by atoms with E-state index in [1.807, 2.05) is 35.4 Å². The Balaban J connectivity index is 1.24. The number of amides is 2. The maximum absolute atomic E-state index is 12.9. The van der Waals surface area contributed by atoms with Crippen LogP contribution in [0.2, 0.25) is 5.02 Å². The smallest absolute Gasteiger partial charge is 0.407 e. The van der Waals surface area contributed by atoms with E-state index < -0.39 is 6.09 Å². The lowest BCUT2D eigenvalue weighted by molar-refractivity contribution is -0.135. The van der Waals surface area contributed by atoms with E-state index in [1.165, 1.54) is 4.90 Å². The van der Waals surface area contributed by atoms with Gasteiger partial charge in [0.05, 0.1) is 16.9 Å². The molecule has 3 N–H and O–H groups in total. The Morgan fingerprint density at radius 3 is 2.67 bits per heavy atom. The highest BCUT2D eigenvalue weighted by atomic mass is 35.5. The van der Waals surface area contributed by atoms with Gasteiger partial charge in [-0.3, -0.25) is 4.79 Å². The maximum atomic E-state index is 12.9. The van der Waals surface area contributed by atoms with Gasteiger partial charge in [-0.1, -0.05) is 29.8 Å². The number of nitrogens with zero attached hydrogens (tertiary/aromatic N) is 4. The van der Waals surface area contributed by atoms with Gasteiger partial charge >= 0.3 is 6.09 Å². The SMILES string of the molecule is O=C(O)N1CCC(C(=O)N2CCC(Nc3ncc(Cl)c(-c4c[nH]c5ccccc45)n3)C2)CC1. The predicted molar refractivity (Wildman–Crippen MR) is 125 cm³/mol.